The average Bonchev–Trinajstić information content (AvgIpc) is 3.28. The monoisotopic (exact) mass is 555 g/mol. The quantitative estimate of drug-likeness (QED) is 0.291. The van der Waals surface area contributed by atoms with Crippen molar-refractivity contribution in [1.29, 1.82) is 0 Å². The number of hydrogen-bond donors (Lipinski definition) is 0. The number of morpholine rings is 1. The molecule has 1 saturated heterocycles. The summed E-state index contributed by atoms with van der Waals surface area (Å²) in [5, 5.41) is 1.68. The van der Waals surface area contributed by atoms with Gasteiger partial charge in [0.25, 0.3) is 5.91 Å². The molecule has 0 unspecified atom stereocenters. The first-order chi connectivity index (χ1) is 16.5. The molecule has 1 aliphatic rings. The van der Waals surface area contributed by atoms with Gasteiger partial charge in [-0.3, -0.25) is 14.6 Å². The van der Waals surface area contributed by atoms with Gasteiger partial charge in [0, 0.05) is 41.9 Å². The minimum Gasteiger partial charge on any atom is -0.494 e. The van der Waals surface area contributed by atoms with Gasteiger partial charge in [-0.25, -0.2) is 4.98 Å². The van der Waals surface area contributed by atoms with Crippen LogP contribution in [-0.4, -0.2) is 67.5 Å². The summed E-state index contributed by atoms with van der Waals surface area (Å²) in [7, 11) is 1.62. The number of amides is 1. The second kappa shape index (κ2) is 13.1. The fraction of sp³-hybridized carbons (Fsp3) is 0.440. The first kappa shape index (κ1) is 28.0. The van der Waals surface area contributed by atoms with Crippen molar-refractivity contribution >= 4 is 68.4 Å². The Morgan fingerprint density at radius 1 is 1.29 bits per heavy atom. The molecule has 2 heterocycles. The minimum absolute atomic E-state index is 0. The highest BCUT2D eigenvalue weighted by Crippen LogP contribution is 2.39. The second-order valence-electron chi connectivity index (χ2n) is 8.38. The molecule has 10 heteroatoms. The molecular weight excluding hydrogens is 525 g/mol. The molecule has 1 aromatic heterocycles. The number of aromatic nitrogens is 1. The summed E-state index contributed by atoms with van der Waals surface area (Å²) >= 11 is 9.64. The number of carbonyl (C=O) groups is 1. The number of thioether (sulfide) groups is 1. The Morgan fingerprint density at radius 2 is 2.06 bits per heavy atom. The Morgan fingerprint density at radius 3 is 2.77 bits per heavy atom. The van der Waals surface area contributed by atoms with Gasteiger partial charge in [0.15, 0.2) is 5.13 Å². The first-order valence-electron chi connectivity index (χ1n) is 11.5. The highest BCUT2D eigenvalue weighted by molar-refractivity contribution is 7.99. The maximum atomic E-state index is 13.8. The van der Waals surface area contributed by atoms with Gasteiger partial charge in [0.2, 0.25) is 0 Å². The van der Waals surface area contributed by atoms with Crippen LogP contribution in [0.4, 0.5) is 5.13 Å². The molecule has 1 amide bonds. The third-order valence-electron chi connectivity index (χ3n) is 5.56. The Hall–Kier alpha value is -1.55. The van der Waals surface area contributed by atoms with Crippen LogP contribution in [0, 0.1) is 0 Å². The molecule has 0 spiro atoms. The maximum Gasteiger partial charge on any atom is 0.260 e. The van der Waals surface area contributed by atoms with Gasteiger partial charge in [-0.05, 0) is 36.8 Å². The number of nitrogens with zero attached hydrogens (tertiary/aromatic N) is 3. The molecule has 0 N–H and O–H groups in total. The summed E-state index contributed by atoms with van der Waals surface area (Å²) in [5.74, 6) is 0.597. The fourth-order valence-electron chi connectivity index (χ4n) is 3.91. The van der Waals surface area contributed by atoms with E-state index in [2.05, 4.69) is 18.7 Å². The smallest absolute Gasteiger partial charge is 0.260 e. The van der Waals surface area contributed by atoms with Gasteiger partial charge in [-0.1, -0.05) is 42.9 Å². The van der Waals surface area contributed by atoms with Gasteiger partial charge in [-0.15, -0.1) is 24.2 Å². The van der Waals surface area contributed by atoms with Crippen LogP contribution in [0.3, 0.4) is 0 Å². The lowest BCUT2D eigenvalue weighted by Crippen LogP contribution is -2.39. The number of halogens is 2. The van der Waals surface area contributed by atoms with Crippen LogP contribution in [0.25, 0.3) is 10.2 Å². The van der Waals surface area contributed by atoms with Crippen LogP contribution in [0.5, 0.6) is 5.75 Å². The van der Waals surface area contributed by atoms with Gasteiger partial charge in [0.05, 0.1) is 30.0 Å². The van der Waals surface area contributed by atoms with Crippen molar-refractivity contribution in [1.82, 2.24) is 9.88 Å². The van der Waals surface area contributed by atoms with Gasteiger partial charge < -0.3 is 9.47 Å². The zero-order valence-corrected chi connectivity index (χ0v) is 23.4. The van der Waals surface area contributed by atoms with E-state index in [9.17, 15) is 4.79 Å². The van der Waals surface area contributed by atoms with Crippen molar-refractivity contribution < 1.29 is 14.3 Å². The Kier molecular flexibility index (Phi) is 10.5. The van der Waals surface area contributed by atoms with Crippen LogP contribution in [0.1, 0.15) is 30.6 Å². The van der Waals surface area contributed by atoms with Gasteiger partial charge in [-0.2, -0.15) is 0 Å². The van der Waals surface area contributed by atoms with E-state index in [0.29, 0.717) is 38.8 Å². The molecule has 0 radical (unpaired) electrons. The lowest BCUT2D eigenvalue weighted by atomic mass is 10.2. The molecule has 4 rings (SSSR count). The van der Waals surface area contributed by atoms with Gasteiger partial charge in [0.1, 0.15) is 11.3 Å². The Labute approximate surface area is 226 Å². The Balaban J connectivity index is 0.00000342. The number of hydrogen-bond acceptors (Lipinski definition) is 7. The number of carbonyl (C=O) groups excluding carboxylic acids is 1. The summed E-state index contributed by atoms with van der Waals surface area (Å²) < 4.78 is 11.8. The zero-order valence-electron chi connectivity index (χ0n) is 20.2. The number of ether oxygens (including phenoxy) is 2. The molecule has 3 aromatic rings. The number of benzene rings is 2. The molecule has 2 aromatic carbocycles. The van der Waals surface area contributed by atoms with E-state index in [4.69, 9.17) is 26.1 Å². The number of fused-ring (bicyclic) bond motifs is 1. The molecule has 0 aliphatic carbocycles. The summed E-state index contributed by atoms with van der Waals surface area (Å²) in [5.41, 5.74) is 1.35. The molecule has 190 valence electrons. The van der Waals surface area contributed by atoms with Crippen molar-refractivity contribution in [2.75, 3.05) is 51.4 Å². The van der Waals surface area contributed by atoms with Crippen LogP contribution < -0.4 is 9.64 Å². The molecule has 1 aliphatic heterocycles. The summed E-state index contributed by atoms with van der Waals surface area (Å²) in [6.07, 6.45) is 0.840. The number of thiazole rings is 1. The molecule has 0 atom stereocenters. The number of methoxy groups -OCH3 is 1. The summed E-state index contributed by atoms with van der Waals surface area (Å²) in [6, 6.07) is 11.5. The minimum atomic E-state index is -0.0534. The van der Waals surface area contributed by atoms with Crippen molar-refractivity contribution in [3.8, 4) is 5.75 Å². The summed E-state index contributed by atoms with van der Waals surface area (Å²) in [6.45, 7) is 9.15. The molecule has 0 bridgehead atoms. The van der Waals surface area contributed by atoms with Gasteiger partial charge >= 0.3 is 0 Å². The van der Waals surface area contributed by atoms with E-state index in [1.807, 2.05) is 36.4 Å². The first-order valence-corrected chi connectivity index (χ1v) is 13.6. The lowest BCUT2D eigenvalue weighted by Gasteiger charge is -2.27. The molecular formula is C25H31Cl2N3O3S2. The third-order valence-corrected chi connectivity index (χ3v) is 8.09. The number of rotatable bonds is 9. The van der Waals surface area contributed by atoms with E-state index >= 15 is 0 Å². The van der Waals surface area contributed by atoms with Crippen LogP contribution in [0.15, 0.2) is 41.3 Å². The van der Waals surface area contributed by atoms with E-state index in [1.165, 1.54) is 11.3 Å². The molecule has 6 nitrogen and oxygen atoms in total. The normalized spacial score (nSPS) is 14.2. The van der Waals surface area contributed by atoms with Crippen molar-refractivity contribution in [3.63, 3.8) is 0 Å². The SMILES string of the molecule is COc1ccc(Cl)c2sc(N(CCCN3CCOCC3)C(=O)c3cccc(SC(C)C)c3)nc12.Cl. The summed E-state index contributed by atoms with van der Waals surface area (Å²) in [4.78, 5) is 23.8. The highest BCUT2D eigenvalue weighted by atomic mass is 35.5. The van der Waals surface area contributed by atoms with Crippen LogP contribution in [-0.2, 0) is 4.74 Å². The second-order valence-corrected chi connectivity index (χ2v) is 11.4. The predicted octanol–water partition coefficient (Wildman–Crippen LogP) is 6.25. The number of anilines is 1. The van der Waals surface area contributed by atoms with E-state index < -0.39 is 0 Å². The van der Waals surface area contributed by atoms with Crippen LogP contribution in [0.2, 0.25) is 5.02 Å². The average molecular weight is 557 g/mol. The third kappa shape index (κ3) is 7.02. The standard InChI is InChI=1S/C25H30ClN3O3S2.ClH/c1-17(2)33-19-7-4-6-18(16-19)24(30)29(11-5-10-28-12-14-32-15-13-28)25-27-22-21(31-3)9-8-20(26)23(22)34-25;/h4,6-9,16-17H,5,10-15H2,1-3H3;1H. The maximum absolute atomic E-state index is 13.8. The highest BCUT2D eigenvalue weighted by Gasteiger charge is 2.24. The molecule has 1 fully saturated rings. The predicted molar refractivity (Wildman–Crippen MR) is 149 cm³/mol. The lowest BCUT2D eigenvalue weighted by molar-refractivity contribution is 0.0376. The van der Waals surface area contributed by atoms with Crippen molar-refractivity contribution in [3.05, 3.63) is 47.0 Å². The van der Waals surface area contributed by atoms with E-state index in [1.54, 1.807) is 23.8 Å². The van der Waals surface area contributed by atoms with E-state index in [0.717, 1.165) is 48.9 Å². The zero-order chi connectivity index (χ0) is 24.1. The Bertz CT molecular complexity index is 1140. The fourth-order valence-corrected chi connectivity index (χ4v) is 6.09. The van der Waals surface area contributed by atoms with Crippen LogP contribution >= 0.6 is 47.1 Å². The topological polar surface area (TPSA) is 54.9 Å². The van der Waals surface area contributed by atoms with Crippen molar-refractivity contribution in [2.45, 2.75) is 30.4 Å². The van der Waals surface area contributed by atoms with Crippen molar-refractivity contribution in [2.24, 2.45) is 0 Å². The molecule has 35 heavy (non-hydrogen) atoms. The largest absolute Gasteiger partial charge is 0.494 e. The van der Waals surface area contributed by atoms with E-state index in [-0.39, 0.29) is 18.3 Å². The molecule has 0 saturated carbocycles.